The van der Waals surface area contributed by atoms with E-state index in [1.54, 1.807) is 0 Å². The van der Waals surface area contributed by atoms with Crippen LogP contribution in [0.2, 0.25) is 0 Å². The summed E-state index contributed by atoms with van der Waals surface area (Å²) < 4.78 is 1.15. The largest absolute Gasteiger partial charge is 0.356 e. The van der Waals surface area contributed by atoms with E-state index in [-0.39, 0.29) is 0 Å². The highest BCUT2D eigenvalue weighted by molar-refractivity contribution is 9.10. The molecule has 128 valence electrons. The summed E-state index contributed by atoms with van der Waals surface area (Å²) in [5.74, 6) is 0.960. The molecule has 1 N–H and O–H groups in total. The minimum Gasteiger partial charge on any atom is -0.356 e. The maximum Gasteiger partial charge on any atom is 0.193 e. The number of rotatable bonds is 7. The van der Waals surface area contributed by atoms with Gasteiger partial charge in [0.05, 0.1) is 0 Å². The topological polar surface area (TPSA) is 30.9 Å². The van der Waals surface area contributed by atoms with Crippen LogP contribution in [0.1, 0.15) is 31.2 Å². The third-order valence-electron chi connectivity index (χ3n) is 4.32. The number of likely N-dealkylation sites (tertiary alicyclic amines) is 1. The summed E-state index contributed by atoms with van der Waals surface area (Å²) in [6.07, 6.45) is 5.21. The summed E-state index contributed by atoms with van der Waals surface area (Å²) in [6.45, 7) is 5.66. The minimum absolute atomic E-state index is 0.842. The molecule has 0 bridgehead atoms. The van der Waals surface area contributed by atoms with Crippen LogP contribution in [0.25, 0.3) is 0 Å². The summed E-state index contributed by atoms with van der Waals surface area (Å²) in [5, 5.41) is 3.48. The molecule has 0 saturated carbocycles. The van der Waals surface area contributed by atoms with Crippen molar-refractivity contribution in [3.05, 3.63) is 34.3 Å². The van der Waals surface area contributed by atoms with Crippen molar-refractivity contribution in [2.24, 2.45) is 4.99 Å². The Bertz CT molecular complexity index is 498. The van der Waals surface area contributed by atoms with E-state index in [4.69, 9.17) is 0 Å². The molecule has 23 heavy (non-hydrogen) atoms. The smallest absolute Gasteiger partial charge is 0.193 e. The number of hydrogen-bond acceptors (Lipinski definition) is 2. The fourth-order valence-corrected chi connectivity index (χ4v) is 3.42. The number of aliphatic imine (C=N–C) groups is 1. The van der Waals surface area contributed by atoms with Crippen molar-refractivity contribution in [1.29, 1.82) is 0 Å². The zero-order valence-corrected chi connectivity index (χ0v) is 16.0. The average Bonchev–Trinajstić information content (AvgIpc) is 3.06. The van der Waals surface area contributed by atoms with Gasteiger partial charge in [0.2, 0.25) is 0 Å². The molecule has 1 aromatic rings. The Labute approximate surface area is 149 Å². The minimum atomic E-state index is 0.842. The highest BCUT2D eigenvalue weighted by Gasteiger charge is 2.11. The average molecular weight is 381 g/mol. The van der Waals surface area contributed by atoms with E-state index in [1.807, 2.05) is 13.1 Å². The predicted octanol–water partition coefficient (Wildman–Crippen LogP) is 3.33. The van der Waals surface area contributed by atoms with Crippen LogP contribution in [0.5, 0.6) is 0 Å². The second-order valence-corrected chi connectivity index (χ2v) is 7.03. The Morgan fingerprint density at radius 3 is 2.70 bits per heavy atom. The highest BCUT2D eigenvalue weighted by Crippen LogP contribution is 2.17. The molecule has 0 unspecified atom stereocenters. The lowest BCUT2D eigenvalue weighted by Crippen LogP contribution is -2.39. The first-order valence-corrected chi connectivity index (χ1v) is 9.37. The number of guanidine groups is 1. The van der Waals surface area contributed by atoms with Gasteiger partial charge in [-0.25, -0.2) is 0 Å². The molecule has 1 aliphatic heterocycles. The van der Waals surface area contributed by atoms with Crippen LogP contribution >= 0.6 is 15.9 Å². The van der Waals surface area contributed by atoms with Crippen molar-refractivity contribution < 1.29 is 0 Å². The molecule has 0 atom stereocenters. The molecule has 0 aliphatic carbocycles. The maximum absolute atomic E-state index is 4.39. The molecular formula is C18H29BrN4. The van der Waals surface area contributed by atoms with Gasteiger partial charge in [-0.3, -0.25) is 4.99 Å². The summed E-state index contributed by atoms with van der Waals surface area (Å²) in [7, 11) is 3.93. The van der Waals surface area contributed by atoms with Crippen LogP contribution in [0.15, 0.2) is 33.7 Å². The Morgan fingerprint density at radius 1 is 1.26 bits per heavy atom. The van der Waals surface area contributed by atoms with Gasteiger partial charge in [-0.15, -0.1) is 0 Å². The van der Waals surface area contributed by atoms with Gasteiger partial charge in [0.15, 0.2) is 5.96 Å². The maximum atomic E-state index is 4.39. The molecule has 0 amide bonds. The van der Waals surface area contributed by atoms with E-state index in [0.717, 1.165) is 23.5 Å². The predicted molar refractivity (Wildman–Crippen MR) is 102 cm³/mol. The van der Waals surface area contributed by atoms with Gasteiger partial charge < -0.3 is 15.1 Å². The van der Waals surface area contributed by atoms with E-state index >= 15 is 0 Å². The standard InChI is InChI=1S/C18H29BrN4/c1-20-18(21-11-5-6-12-23-13-7-8-14-23)22(2)15-16-9-3-4-10-17(16)19/h3-4,9-10H,5-8,11-15H2,1-2H3,(H,20,21). The molecule has 1 aliphatic rings. The second kappa shape index (κ2) is 9.93. The second-order valence-electron chi connectivity index (χ2n) is 6.18. The third kappa shape index (κ3) is 6.15. The molecule has 0 spiro atoms. The molecule has 0 aromatic heterocycles. The normalized spacial score (nSPS) is 15.9. The summed E-state index contributed by atoms with van der Waals surface area (Å²) in [4.78, 5) is 9.14. The molecule has 2 rings (SSSR count). The van der Waals surface area contributed by atoms with E-state index < -0.39 is 0 Å². The summed E-state index contributed by atoms with van der Waals surface area (Å²) in [6, 6.07) is 8.34. The molecule has 1 saturated heterocycles. The van der Waals surface area contributed by atoms with Gasteiger partial charge >= 0.3 is 0 Å². The van der Waals surface area contributed by atoms with E-state index in [1.165, 1.54) is 50.9 Å². The zero-order chi connectivity index (χ0) is 16.5. The molecule has 4 nitrogen and oxygen atoms in total. The number of nitrogens with one attached hydrogen (secondary N) is 1. The van der Waals surface area contributed by atoms with E-state index in [9.17, 15) is 0 Å². The van der Waals surface area contributed by atoms with Crippen molar-refractivity contribution in [1.82, 2.24) is 15.1 Å². The fraction of sp³-hybridized carbons (Fsp3) is 0.611. The van der Waals surface area contributed by atoms with Crippen LogP contribution in [0, 0.1) is 0 Å². The lowest BCUT2D eigenvalue weighted by atomic mass is 10.2. The first kappa shape index (κ1) is 18.3. The Hall–Kier alpha value is -1.07. The Balaban J connectivity index is 1.68. The van der Waals surface area contributed by atoms with Gasteiger partial charge in [0.1, 0.15) is 0 Å². The number of hydrogen-bond donors (Lipinski definition) is 1. The SMILES string of the molecule is CN=C(NCCCCN1CCCC1)N(C)Cc1ccccc1Br. The van der Waals surface area contributed by atoms with Crippen LogP contribution in [0.4, 0.5) is 0 Å². The number of benzene rings is 1. The molecule has 0 radical (unpaired) electrons. The van der Waals surface area contributed by atoms with Gasteiger partial charge in [0, 0.05) is 31.7 Å². The lowest BCUT2D eigenvalue weighted by molar-refractivity contribution is 0.330. The number of unbranched alkanes of at least 4 members (excludes halogenated alkanes) is 1. The van der Waals surface area contributed by atoms with Crippen molar-refractivity contribution in [3.8, 4) is 0 Å². The van der Waals surface area contributed by atoms with Crippen molar-refractivity contribution in [3.63, 3.8) is 0 Å². The van der Waals surface area contributed by atoms with Gasteiger partial charge in [-0.1, -0.05) is 34.1 Å². The quantitative estimate of drug-likeness (QED) is 0.447. The van der Waals surface area contributed by atoms with Crippen molar-refractivity contribution >= 4 is 21.9 Å². The summed E-state index contributed by atoms with van der Waals surface area (Å²) >= 11 is 3.61. The molecule has 5 heteroatoms. The molecular weight excluding hydrogens is 352 g/mol. The molecule has 1 fully saturated rings. The molecule has 1 aromatic carbocycles. The highest BCUT2D eigenvalue weighted by atomic mass is 79.9. The number of nitrogens with zero attached hydrogens (tertiary/aromatic N) is 3. The van der Waals surface area contributed by atoms with E-state index in [0.29, 0.717) is 0 Å². The lowest BCUT2D eigenvalue weighted by Gasteiger charge is -2.23. The zero-order valence-electron chi connectivity index (χ0n) is 14.4. The van der Waals surface area contributed by atoms with Crippen LogP contribution in [-0.2, 0) is 6.54 Å². The van der Waals surface area contributed by atoms with Gasteiger partial charge in [0.25, 0.3) is 0 Å². The van der Waals surface area contributed by atoms with Crippen molar-refractivity contribution in [2.45, 2.75) is 32.2 Å². The Morgan fingerprint density at radius 2 is 2.00 bits per heavy atom. The first-order chi connectivity index (χ1) is 11.2. The monoisotopic (exact) mass is 380 g/mol. The fourth-order valence-electron chi connectivity index (χ4n) is 3.01. The number of halogens is 1. The van der Waals surface area contributed by atoms with Crippen LogP contribution < -0.4 is 5.32 Å². The van der Waals surface area contributed by atoms with Gasteiger partial charge in [-0.2, -0.15) is 0 Å². The van der Waals surface area contributed by atoms with Crippen LogP contribution in [-0.4, -0.2) is 56.0 Å². The molecule has 1 heterocycles. The van der Waals surface area contributed by atoms with Crippen LogP contribution in [0.3, 0.4) is 0 Å². The third-order valence-corrected chi connectivity index (χ3v) is 5.10. The first-order valence-electron chi connectivity index (χ1n) is 8.58. The van der Waals surface area contributed by atoms with Gasteiger partial charge in [-0.05, 0) is 56.9 Å². The Kier molecular flexibility index (Phi) is 7.89. The summed E-state index contributed by atoms with van der Waals surface area (Å²) in [5.41, 5.74) is 1.27. The van der Waals surface area contributed by atoms with E-state index in [2.05, 4.69) is 61.3 Å². The van der Waals surface area contributed by atoms with Crippen molar-refractivity contribution in [2.75, 3.05) is 40.3 Å².